The Balaban J connectivity index is 2.61. The summed E-state index contributed by atoms with van der Waals surface area (Å²) in [6.45, 7) is 3.79. The van der Waals surface area contributed by atoms with Gasteiger partial charge in [-0.05, 0) is 12.8 Å². The smallest absolute Gasteiger partial charge is 0.165 e. The Labute approximate surface area is 90.9 Å². The van der Waals surface area contributed by atoms with Crippen molar-refractivity contribution < 1.29 is 9.90 Å². The molecular formula is C13H18O2. The van der Waals surface area contributed by atoms with Gasteiger partial charge in [-0.1, -0.05) is 44.2 Å². The highest BCUT2D eigenvalue weighted by molar-refractivity contribution is 5.97. The fourth-order valence-corrected chi connectivity index (χ4v) is 1.57. The Morgan fingerprint density at radius 3 is 2.47 bits per heavy atom. The fourth-order valence-electron chi connectivity index (χ4n) is 1.57. The molecule has 1 N–H and O–H groups in total. The van der Waals surface area contributed by atoms with Gasteiger partial charge in [0.15, 0.2) is 5.78 Å². The Kier molecular flexibility index (Phi) is 4.50. The number of benzene rings is 1. The van der Waals surface area contributed by atoms with Gasteiger partial charge in [-0.15, -0.1) is 0 Å². The summed E-state index contributed by atoms with van der Waals surface area (Å²) in [7, 11) is 0. The molecule has 1 aromatic rings. The van der Waals surface area contributed by atoms with Crippen molar-refractivity contribution in [3.63, 3.8) is 0 Å². The summed E-state index contributed by atoms with van der Waals surface area (Å²) in [6.07, 6.45) is 0.879. The molecule has 0 aliphatic carbocycles. The van der Waals surface area contributed by atoms with Crippen LogP contribution in [0.3, 0.4) is 0 Å². The molecule has 2 atom stereocenters. The van der Waals surface area contributed by atoms with Crippen LogP contribution in [0.2, 0.25) is 0 Å². The zero-order chi connectivity index (χ0) is 11.3. The molecule has 0 heterocycles. The molecule has 0 fully saturated rings. The summed E-state index contributed by atoms with van der Waals surface area (Å²) >= 11 is 0. The topological polar surface area (TPSA) is 37.3 Å². The van der Waals surface area contributed by atoms with Gasteiger partial charge in [0.2, 0.25) is 0 Å². The van der Waals surface area contributed by atoms with E-state index in [0.29, 0.717) is 12.8 Å². The summed E-state index contributed by atoms with van der Waals surface area (Å²) in [6, 6.07) is 9.24. The molecule has 2 unspecified atom stereocenters. The summed E-state index contributed by atoms with van der Waals surface area (Å²) in [5, 5.41) is 9.47. The number of ketones is 1. The highest BCUT2D eigenvalue weighted by Crippen LogP contribution is 2.15. The second-order valence-electron chi connectivity index (χ2n) is 3.93. The molecule has 0 bridgehead atoms. The van der Waals surface area contributed by atoms with Crippen molar-refractivity contribution in [3.05, 3.63) is 35.9 Å². The predicted octanol–water partition coefficient (Wildman–Crippen LogP) is 2.67. The number of aliphatic hydroxyl groups excluding tert-OH is 1. The first-order valence-electron chi connectivity index (χ1n) is 5.42. The van der Waals surface area contributed by atoms with Crippen molar-refractivity contribution in [2.45, 2.75) is 32.8 Å². The van der Waals surface area contributed by atoms with Crippen LogP contribution in [0.5, 0.6) is 0 Å². The number of Topliss-reactive ketones (excluding diaryl/α,β-unsaturated/α-hetero) is 1. The lowest BCUT2D eigenvalue weighted by Gasteiger charge is -2.13. The minimum absolute atomic E-state index is 0.109. The molecule has 0 aliphatic heterocycles. The molecule has 2 nitrogen and oxygen atoms in total. The SMILES string of the molecule is CCC(O)CC(C)C(=O)c1ccccc1. The van der Waals surface area contributed by atoms with E-state index in [2.05, 4.69) is 0 Å². The number of hydrogen-bond acceptors (Lipinski definition) is 2. The van der Waals surface area contributed by atoms with E-state index in [-0.39, 0.29) is 17.8 Å². The minimum Gasteiger partial charge on any atom is -0.393 e. The molecule has 0 amide bonds. The summed E-state index contributed by atoms with van der Waals surface area (Å²) in [5.41, 5.74) is 0.730. The highest BCUT2D eigenvalue weighted by atomic mass is 16.3. The summed E-state index contributed by atoms with van der Waals surface area (Å²) < 4.78 is 0. The molecule has 15 heavy (non-hydrogen) atoms. The number of aliphatic hydroxyl groups is 1. The first-order valence-corrected chi connectivity index (χ1v) is 5.42. The molecule has 0 aromatic heterocycles. The van der Waals surface area contributed by atoms with Gasteiger partial charge < -0.3 is 5.11 Å². The average Bonchev–Trinajstić information content (AvgIpc) is 2.29. The van der Waals surface area contributed by atoms with Gasteiger partial charge in [0, 0.05) is 11.5 Å². The van der Waals surface area contributed by atoms with Crippen LogP contribution >= 0.6 is 0 Å². The maximum absolute atomic E-state index is 11.9. The Hall–Kier alpha value is -1.15. The van der Waals surface area contributed by atoms with E-state index in [1.54, 1.807) is 0 Å². The molecule has 0 aliphatic rings. The zero-order valence-corrected chi connectivity index (χ0v) is 9.31. The predicted molar refractivity (Wildman–Crippen MR) is 60.9 cm³/mol. The third-order valence-electron chi connectivity index (χ3n) is 2.60. The number of carbonyl (C=O) groups is 1. The first kappa shape index (κ1) is 11.9. The molecule has 2 heteroatoms. The van der Waals surface area contributed by atoms with E-state index in [0.717, 1.165) is 5.56 Å². The second-order valence-corrected chi connectivity index (χ2v) is 3.93. The highest BCUT2D eigenvalue weighted by Gasteiger charge is 2.17. The molecule has 1 aromatic carbocycles. The molecular weight excluding hydrogens is 188 g/mol. The van der Waals surface area contributed by atoms with Crippen LogP contribution in [-0.4, -0.2) is 17.0 Å². The lowest BCUT2D eigenvalue weighted by Crippen LogP contribution is -2.18. The first-order chi connectivity index (χ1) is 7.15. The lowest BCUT2D eigenvalue weighted by molar-refractivity contribution is 0.0847. The van der Waals surface area contributed by atoms with Crippen molar-refractivity contribution in [1.29, 1.82) is 0 Å². The Bertz CT molecular complexity index is 306. The van der Waals surface area contributed by atoms with E-state index >= 15 is 0 Å². The number of hydrogen-bond donors (Lipinski definition) is 1. The monoisotopic (exact) mass is 206 g/mol. The van der Waals surface area contributed by atoms with Gasteiger partial charge in [0.05, 0.1) is 6.10 Å². The van der Waals surface area contributed by atoms with Gasteiger partial charge in [-0.3, -0.25) is 4.79 Å². The van der Waals surface area contributed by atoms with Crippen molar-refractivity contribution in [3.8, 4) is 0 Å². The zero-order valence-electron chi connectivity index (χ0n) is 9.31. The van der Waals surface area contributed by atoms with E-state index in [1.807, 2.05) is 44.2 Å². The van der Waals surface area contributed by atoms with E-state index in [9.17, 15) is 9.90 Å². The molecule has 0 radical (unpaired) electrons. The summed E-state index contributed by atoms with van der Waals surface area (Å²) in [5.74, 6) is 0.00505. The van der Waals surface area contributed by atoms with Crippen LogP contribution < -0.4 is 0 Å². The van der Waals surface area contributed by atoms with Crippen LogP contribution in [-0.2, 0) is 0 Å². The third kappa shape index (κ3) is 3.48. The lowest BCUT2D eigenvalue weighted by atomic mass is 9.93. The van der Waals surface area contributed by atoms with Crippen molar-refractivity contribution >= 4 is 5.78 Å². The maximum atomic E-state index is 11.9. The fraction of sp³-hybridized carbons (Fsp3) is 0.462. The largest absolute Gasteiger partial charge is 0.393 e. The van der Waals surface area contributed by atoms with Gasteiger partial charge in [-0.2, -0.15) is 0 Å². The van der Waals surface area contributed by atoms with Crippen LogP contribution in [0.25, 0.3) is 0 Å². The summed E-state index contributed by atoms with van der Waals surface area (Å²) in [4.78, 5) is 11.9. The normalized spacial score (nSPS) is 14.6. The van der Waals surface area contributed by atoms with Crippen LogP contribution in [0.1, 0.15) is 37.0 Å². The minimum atomic E-state index is -0.368. The Morgan fingerprint density at radius 1 is 1.33 bits per heavy atom. The van der Waals surface area contributed by atoms with E-state index in [1.165, 1.54) is 0 Å². The third-order valence-corrected chi connectivity index (χ3v) is 2.60. The van der Waals surface area contributed by atoms with Gasteiger partial charge >= 0.3 is 0 Å². The molecule has 1 rings (SSSR count). The molecule has 0 saturated carbocycles. The number of carbonyl (C=O) groups excluding carboxylic acids is 1. The Morgan fingerprint density at radius 2 is 1.93 bits per heavy atom. The van der Waals surface area contributed by atoms with Gasteiger partial charge in [0.1, 0.15) is 0 Å². The van der Waals surface area contributed by atoms with E-state index in [4.69, 9.17) is 0 Å². The molecule has 0 saturated heterocycles. The van der Waals surface area contributed by atoms with Gasteiger partial charge in [-0.25, -0.2) is 0 Å². The van der Waals surface area contributed by atoms with E-state index < -0.39 is 0 Å². The standard InChI is InChI=1S/C13H18O2/c1-3-12(14)9-10(2)13(15)11-7-5-4-6-8-11/h4-8,10,12,14H,3,9H2,1-2H3. The van der Waals surface area contributed by atoms with Crippen LogP contribution in [0.4, 0.5) is 0 Å². The van der Waals surface area contributed by atoms with Crippen LogP contribution in [0, 0.1) is 5.92 Å². The van der Waals surface area contributed by atoms with Crippen molar-refractivity contribution in [2.24, 2.45) is 5.92 Å². The van der Waals surface area contributed by atoms with Gasteiger partial charge in [0.25, 0.3) is 0 Å². The average molecular weight is 206 g/mol. The maximum Gasteiger partial charge on any atom is 0.165 e. The molecule has 82 valence electrons. The van der Waals surface area contributed by atoms with Crippen molar-refractivity contribution in [2.75, 3.05) is 0 Å². The van der Waals surface area contributed by atoms with Crippen LogP contribution in [0.15, 0.2) is 30.3 Å². The number of rotatable bonds is 5. The second kappa shape index (κ2) is 5.66. The molecule has 0 spiro atoms. The quantitative estimate of drug-likeness (QED) is 0.752. The van der Waals surface area contributed by atoms with Crippen molar-refractivity contribution in [1.82, 2.24) is 0 Å².